The number of ether oxygens (including phenoxy) is 1. The van der Waals surface area contributed by atoms with Gasteiger partial charge in [0.15, 0.2) is 0 Å². The fourth-order valence-electron chi connectivity index (χ4n) is 3.98. The van der Waals surface area contributed by atoms with Crippen LogP contribution in [0.5, 0.6) is 5.75 Å². The van der Waals surface area contributed by atoms with Gasteiger partial charge in [-0.15, -0.1) is 0 Å². The van der Waals surface area contributed by atoms with Crippen molar-refractivity contribution in [2.45, 2.75) is 39.7 Å². The Balaban J connectivity index is 1.38. The van der Waals surface area contributed by atoms with Gasteiger partial charge < -0.3 is 19.9 Å². The number of likely N-dealkylation sites (tertiary alicyclic amines) is 2. The normalized spacial score (nSPS) is 19.8. The fraction of sp³-hybridized carbons (Fsp3) is 0.636. The molecule has 0 bridgehead atoms. The van der Waals surface area contributed by atoms with Crippen LogP contribution in [-0.2, 0) is 9.59 Å². The minimum absolute atomic E-state index is 0.0175. The van der Waals surface area contributed by atoms with Crippen LogP contribution in [0.1, 0.15) is 30.9 Å². The summed E-state index contributed by atoms with van der Waals surface area (Å²) in [6, 6.07) is 6.03. The third-order valence-corrected chi connectivity index (χ3v) is 5.72. The summed E-state index contributed by atoms with van der Waals surface area (Å²) in [5, 5.41) is 3.02. The Morgan fingerprint density at radius 2 is 1.71 bits per heavy atom. The summed E-state index contributed by atoms with van der Waals surface area (Å²) in [5.74, 6) is 1.11. The minimum atomic E-state index is -0.0983. The highest BCUT2D eigenvalue weighted by Crippen LogP contribution is 2.24. The smallest absolute Gasteiger partial charge is 0.227 e. The van der Waals surface area contributed by atoms with Crippen LogP contribution in [0, 0.1) is 25.7 Å². The summed E-state index contributed by atoms with van der Waals surface area (Å²) >= 11 is 0. The zero-order valence-electron chi connectivity index (χ0n) is 17.5. The van der Waals surface area contributed by atoms with Gasteiger partial charge in [-0.1, -0.05) is 6.07 Å². The van der Waals surface area contributed by atoms with Gasteiger partial charge in [0.05, 0.1) is 12.0 Å². The Morgan fingerprint density at radius 3 is 2.32 bits per heavy atom. The Morgan fingerprint density at radius 1 is 1.11 bits per heavy atom. The third-order valence-electron chi connectivity index (χ3n) is 5.72. The molecule has 1 aromatic carbocycles. The SMILES string of the molecule is Cc1cc(C)cc(OC[C@@H](C)NC(=O)C2CN(C(=O)C3CCN(C)CC3)C2)c1. The van der Waals surface area contributed by atoms with E-state index in [4.69, 9.17) is 4.74 Å². The maximum atomic E-state index is 12.5. The molecular formula is C22H33N3O3. The predicted octanol–water partition coefficient (Wildman–Crippen LogP) is 1.99. The molecule has 1 atom stereocenters. The Kier molecular flexibility index (Phi) is 6.60. The molecule has 1 aromatic rings. The van der Waals surface area contributed by atoms with Crippen molar-refractivity contribution in [3.05, 3.63) is 29.3 Å². The maximum absolute atomic E-state index is 12.5. The second kappa shape index (κ2) is 8.95. The van der Waals surface area contributed by atoms with Gasteiger partial charge in [0.25, 0.3) is 0 Å². The van der Waals surface area contributed by atoms with Crippen LogP contribution in [0.2, 0.25) is 0 Å². The number of rotatable bonds is 6. The van der Waals surface area contributed by atoms with E-state index >= 15 is 0 Å². The third kappa shape index (κ3) is 5.25. The Labute approximate surface area is 168 Å². The standard InChI is InChI=1S/C22H33N3O3/c1-15-9-16(2)11-20(10-15)28-14-17(3)23-21(26)19-12-25(13-19)22(27)18-5-7-24(4)8-6-18/h9-11,17-19H,5-8,12-14H2,1-4H3,(H,23,26)/t17-/m1/s1. The van der Waals surface area contributed by atoms with Gasteiger partial charge in [0.1, 0.15) is 12.4 Å². The van der Waals surface area contributed by atoms with Crippen molar-refractivity contribution in [2.75, 3.05) is 39.8 Å². The largest absolute Gasteiger partial charge is 0.491 e. The van der Waals surface area contributed by atoms with E-state index in [0.29, 0.717) is 19.7 Å². The summed E-state index contributed by atoms with van der Waals surface area (Å²) in [6.07, 6.45) is 1.85. The van der Waals surface area contributed by atoms with Gasteiger partial charge >= 0.3 is 0 Å². The molecular weight excluding hydrogens is 354 g/mol. The number of amides is 2. The number of benzene rings is 1. The quantitative estimate of drug-likeness (QED) is 0.811. The van der Waals surface area contributed by atoms with Gasteiger partial charge in [0, 0.05) is 19.0 Å². The van der Waals surface area contributed by atoms with Crippen molar-refractivity contribution in [3.8, 4) is 5.75 Å². The summed E-state index contributed by atoms with van der Waals surface area (Å²) < 4.78 is 5.83. The van der Waals surface area contributed by atoms with Gasteiger partial charge in [0.2, 0.25) is 11.8 Å². The van der Waals surface area contributed by atoms with E-state index in [1.54, 1.807) is 0 Å². The molecule has 2 fully saturated rings. The molecule has 0 aromatic heterocycles. The average molecular weight is 388 g/mol. The average Bonchev–Trinajstić information content (AvgIpc) is 2.58. The zero-order valence-corrected chi connectivity index (χ0v) is 17.5. The first-order chi connectivity index (χ1) is 13.3. The van der Waals surface area contributed by atoms with Crippen molar-refractivity contribution in [1.82, 2.24) is 15.1 Å². The first kappa shape index (κ1) is 20.6. The topological polar surface area (TPSA) is 61.9 Å². The molecule has 6 nitrogen and oxygen atoms in total. The fourth-order valence-corrected chi connectivity index (χ4v) is 3.98. The van der Waals surface area contributed by atoms with Crippen LogP contribution in [0.4, 0.5) is 0 Å². The van der Waals surface area contributed by atoms with Crippen LogP contribution < -0.4 is 10.1 Å². The minimum Gasteiger partial charge on any atom is -0.491 e. The highest BCUT2D eigenvalue weighted by atomic mass is 16.5. The molecule has 0 saturated carbocycles. The number of aryl methyl sites for hydroxylation is 2. The van der Waals surface area contributed by atoms with E-state index in [2.05, 4.69) is 23.3 Å². The van der Waals surface area contributed by atoms with Crippen LogP contribution in [0.15, 0.2) is 18.2 Å². The number of hydrogen-bond donors (Lipinski definition) is 1. The van der Waals surface area contributed by atoms with Gasteiger partial charge in [-0.25, -0.2) is 0 Å². The Bertz CT molecular complexity index is 687. The molecule has 6 heteroatoms. The van der Waals surface area contributed by atoms with Crippen molar-refractivity contribution in [3.63, 3.8) is 0 Å². The summed E-state index contributed by atoms with van der Waals surface area (Å²) in [6.45, 7) is 9.50. The second-order valence-corrected chi connectivity index (χ2v) is 8.56. The summed E-state index contributed by atoms with van der Waals surface area (Å²) in [7, 11) is 2.09. The van der Waals surface area contributed by atoms with Gasteiger partial charge in [-0.2, -0.15) is 0 Å². The number of nitrogens with zero attached hydrogens (tertiary/aromatic N) is 2. The molecule has 2 aliphatic rings. The molecule has 154 valence electrons. The summed E-state index contributed by atoms with van der Waals surface area (Å²) in [5.41, 5.74) is 2.33. The number of carbonyl (C=O) groups excluding carboxylic acids is 2. The molecule has 28 heavy (non-hydrogen) atoms. The summed E-state index contributed by atoms with van der Waals surface area (Å²) in [4.78, 5) is 29.1. The van der Waals surface area contributed by atoms with Crippen molar-refractivity contribution < 1.29 is 14.3 Å². The van der Waals surface area contributed by atoms with E-state index in [-0.39, 0.29) is 29.7 Å². The highest BCUT2D eigenvalue weighted by molar-refractivity contribution is 5.85. The van der Waals surface area contributed by atoms with E-state index in [0.717, 1.165) is 42.8 Å². The van der Waals surface area contributed by atoms with Crippen LogP contribution >= 0.6 is 0 Å². The molecule has 1 N–H and O–H groups in total. The molecule has 0 radical (unpaired) electrons. The van der Waals surface area contributed by atoms with Crippen LogP contribution in [-0.4, -0.2) is 67.5 Å². The lowest BCUT2D eigenvalue weighted by atomic mass is 9.91. The van der Waals surface area contributed by atoms with Crippen molar-refractivity contribution >= 4 is 11.8 Å². The second-order valence-electron chi connectivity index (χ2n) is 8.56. The van der Waals surface area contributed by atoms with Gasteiger partial charge in [-0.3, -0.25) is 9.59 Å². The molecule has 0 spiro atoms. The molecule has 2 amide bonds. The van der Waals surface area contributed by atoms with Crippen molar-refractivity contribution in [1.29, 1.82) is 0 Å². The lowest BCUT2D eigenvalue weighted by Crippen LogP contribution is -2.58. The van der Waals surface area contributed by atoms with E-state index < -0.39 is 0 Å². The number of carbonyl (C=O) groups is 2. The predicted molar refractivity (Wildman–Crippen MR) is 109 cm³/mol. The Hall–Kier alpha value is -2.08. The number of hydrogen-bond acceptors (Lipinski definition) is 4. The lowest BCUT2D eigenvalue weighted by molar-refractivity contribution is -0.147. The van der Waals surface area contributed by atoms with E-state index in [9.17, 15) is 9.59 Å². The number of nitrogens with one attached hydrogen (secondary N) is 1. The van der Waals surface area contributed by atoms with Gasteiger partial charge in [-0.05, 0) is 77.0 Å². The zero-order chi connectivity index (χ0) is 20.3. The highest BCUT2D eigenvalue weighted by Gasteiger charge is 2.39. The first-order valence-corrected chi connectivity index (χ1v) is 10.3. The monoisotopic (exact) mass is 387 g/mol. The van der Waals surface area contributed by atoms with Crippen LogP contribution in [0.3, 0.4) is 0 Å². The molecule has 3 rings (SSSR count). The molecule has 2 heterocycles. The lowest BCUT2D eigenvalue weighted by Gasteiger charge is -2.41. The molecule has 2 aliphatic heterocycles. The molecule has 2 saturated heterocycles. The number of piperidine rings is 1. The molecule has 0 aliphatic carbocycles. The van der Waals surface area contributed by atoms with Crippen molar-refractivity contribution in [2.24, 2.45) is 11.8 Å². The van der Waals surface area contributed by atoms with E-state index in [1.807, 2.05) is 37.8 Å². The van der Waals surface area contributed by atoms with E-state index in [1.165, 1.54) is 0 Å². The molecule has 0 unspecified atom stereocenters. The van der Waals surface area contributed by atoms with Crippen LogP contribution in [0.25, 0.3) is 0 Å². The maximum Gasteiger partial charge on any atom is 0.227 e. The first-order valence-electron chi connectivity index (χ1n) is 10.3.